The van der Waals surface area contributed by atoms with Crippen molar-refractivity contribution in [3.8, 4) is 0 Å². The summed E-state index contributed by atoms with van der Waals surface area (Å²) in [5.41, 5.74) is -0.360. The molecule has 0 amide bonds. The third-order valence-electron chi connectivity index (χ3n) is 7.90. The van der Waals surface area contributed by atoms with Crippen molar-refractivity contribution in [2.24, 2.45) is 34.5 Å². The minimum Gasteiger partial charge on any atom is -0.393 e. The number of carbonyl (C=O) groups is 2. The van der Waals surface area contributed by atoms with Crippen LogP contribution in [0, 0.1) is 34.5 Å². The molecular formula is C19H28O4. The molecule has 0 bridgehead atoms. The first-order valence-corrected chi connectivity index (χ1v) is 9.15. The molecule has 0 aromatic heterocycles. The number of ketones is 2. The van der Waals surface area contributed by atoms with Crippen molar-refractivity contribution in [1.82, 2.24) is 0 Å². The largest absolute Gasteiger partial charge is 0.393 e. The number of hydrogen-bond donors (Lipinski definition) is 2. The van der Waals surface area contributed by atoms with Crippen molar-refractivity contribution in [3.63, 3.8) is 0 Å². The molecule has 0 aromatic rings. The van der Waals surface area contributed by atoms with Crippen molar-refractivity contribution < 1.29 is 19.8 Å². The van der Waals surface area contributed by atoms with E-state index in [1.807, 2.05) is 0 Å². The molecule has 0 saturated heterocycles. The number of aliphatic hydroxyl groups is 2. The Labute approximate surface area is 137 Å². The van der Waals surface area contributed by atoms with Gasteiger partial charge in [-0.3, -0.25) is 9.59 Å². The highest BCUT2D eigenvalue weighted by Crippen LogP contribution is 2.64. The number of fused-ring (bicyclic) bond motifs is 5. The lowest BCUT2D eigenvalue weighted by molar-refractivity contribution is -0.179. The molecule has 4 heteroatoms. The zero-order chi connectivity index (χ0) is 16.6. The smallest absolute Gasteiger partial charge is 0.137 e. The molecule has 2 N–H and O–H groups in total. The second kappa shape index (κ2) is 4.89. The molecule has 128 valence electrons. The second-order valence-electron chi connectivity index (χ2n) is 9.31. The molecule has 4 aliphatic rings. The van der Waals surface area contributed by atoms with E-state index in [2.05, 4.69) is 13.8 Å². The van der Waals surface area contributed by atoms with Gasteiger partial charge in [0.15, 0.2) is 0 Å². The van der Waals surface area contributed by atoms with Crippen LogP contribution in [0.15, 0.2) is 0 Å². The first kappa shape index (κ1) is 15.8. The second-order valence-corrected chi connectivity index (χ2v) is 9.31. The van der Waals surface area contributed by atoms with E-state index in [-0.39, 0.29) is 52.2 Å². The average Bonchev–Trinajstić information content (AvgIpc) is 2.74. The summed E-state index contributed by atoms with van der Waals surface area (Å²) in [6.45, 7) is 4.27. The van der Waals surface area contributed by atoms with Gasteiger partial charge in [0.05, 0.1) is 12.2 Å². The number of hydrogen-bond acceptors (Lipinski definition) is 4. The molecule has 4 fully saturated rings. The minimum atomic E-state index is -0.511. The van der Waals surface area contributed by atoms with Gasteiger partial charge in [-0.05, 0) is 54.3 Å². The summed E-state index contributed by atoms with van der Waals surface area (Å²) in [6, 6.07) is 0. The van der Waals surface area contributed by atoms with E-state index in [4.69, 9.17) is 0 Å². The van der Waals surface area contributed by atoms with Crippen LogP contribution < -0.4 is 0 Å². The van der Waals surface area contributed by atoms with Crippen LogP contribution in [0.1, 0.15) is 58.8 Å². The number of aliphatic hydroxyl groups excluding tert-OH is 2. The monoisotopic (exact) mass is 320 g/mol. The molecule has 4 saturated carbocycles. The van der Waals surface area contributed by atoms with Gasteiger partial charge in [0, 0.05) is 25.2 Å². The maximum absolute atomic E-state index is 13.1. The summed E-state index contributed by atoms with van der Waals surface area (Å²) in [7, 11) is 0. The van der Waals surface area contributed by atoms with Crippen LogP contribution in [-0.4, -0.2) is 34.0 Å². The summed E-state index contributed by atoms with van der Waals surface area (Å²) in [4.78, 5) is 25.2. The molecule has 0 spiro atoms. The zero-order valence-corrected chi connectivity index (χ0v) is 14.1. The van der Waals surface area contributed by atoms with Crippen LogP contribution in [0.4, 0.5) is 0 Å². The van der Waals surface area contributed by atoms with Gasteiger partial charge in [0.2, 0.25) is 0 Å². The molecule has 0 heterocycles. The third kappa shape index (κ3) is 2.10. The van der Waals surface area contributed by atoms with E-state index in [1.54, 1.807) is 0 Å². The summed E-state index contributed by atoms with van der Waals surface area (Å²) in [5.74, 6) is 0.678. The van der Waals surface area contributed by atoms with E-state index in [1.165, 1.54) is 0 Å². The van der Waals surface area contributed by atoms with Crippen LogP contribution in [-0.2, 0) is 9.59 Å². The van der Waals surface area contributed by atoms with Crippen molar-refractivity contribution in [1.29, 1.82) is 0 Å². The van der Waals surface area contributed by atoms with Gasteiger partial charge in [-0.1, -0.05) is 13.8 Å². The molecular weight excluding hydrogens is 292 g/mol. The molecule has 0 aromatic carbocycles. The molecule has 4 aliphatic carbocycles. The summed E-state index contributed by atoms with van der Waals surface area (Å²) < 4.78 is 0. The van der Waals surface area contributed by atoms with E-state index in [9.17, 15) is 19.8 Å². The highest BCUT2D eigenvalue weighted by atomic mass is 16.3. The fourth-order valence-electron chi connectivity index (χ4n) is 6.81. The van der Waals surface area contributed by atoms with Crippen molar-refractivity contribution in [2.45, 2.75) is 71.0 Å². The minimum absolute atomic E-state index is 0.0656. The summed E-state index contributed by atoms with van der Waals surface area (Å²) in [5, 5.41) is 20.9. The predicted octanol–water partition coefficient (Wildman–Crippen LogP) is 2.11. The van der Waals surface area contributed by atoms with Gasteiger partial charge in [-0.15, -0.1) is 0 Å². The maximum atomic E-state index is 13.1. The van der Waals surface area contributed by atoms with Crippen LogP contribution in [0.25, 0.3) is 0 Å². The Bertz CT molecular complexity index is 558. The number of rotatable bonds is 0. The Morgan fingerprint density at radius 2 is 1.83 bits per heavy atom. The fourth-order valence-corrected chi connectivity index (χ4v) is 6.81. The Morgan fingerprint density at radius 3 is 2.57 bits per heavy atom. The highest BCUT2D eigenvalue weighted by Gasteiger charge is 2.64. The van der Waals surface area contributed by atoms with Gasteiger partial charge in [0.1, 0.15) is 11.6 Å². The van der Waals surface area contributed by atoms with Crippen LogP contribution >= 0.6 is 0 Å². The Balaban J connectivity index is 1.75. The summed E-state index contributed by atoms with van der Waals surface area (Å²) in [6.07, 6.45) is 3.69. The molecule has 0 aliphatic heterocycles. The van der Waals surface area contributed by atoms with E-state index >= 15 is 0 Å². The van der Waals surface area contributed by atoms with E-state index in [0.717, 1.165) is 12.8 Å². The van der Waals surface area contributed by atoms with Crippen LogP contribution in [0.2, 0.25) is 0 Å². The lowest BCUT2D eigenvalue weighted by Gasteiger charge is -2.60. The molecule has 8 atom stereocenters. The first-order chi connectivity index (χ1) is 10.7. The lowest BCUT2D eigenvalue weighted by Crippen LogP contribution is -2.61. The standard InChI is InChI=1S/C19H28O4/c1-18-8-12(21)7-13(18)16-14(22)6-10-5-11(20)3-4-19(10,2)17(16)15(23)9-18/h10-11,13-14,16-17,20,22H,3-9H2,1-2H3/t10-,11+,13+,14+,16-,17+,18+,19+/m1/s1. The zero-order valence-electron chi connectivity index (χ0n) is 14.1. The highest BCUT2D eigenvalue weighted by molar-refractivity contribution is 5.89. The third-order valence-corrected chi connectivity index (χ3v) is 7.90. The van der Waals surface area contributed by atoms with E-state index in [0.29, 0.717) is 32.1 Å². The van der Waals surface area contributed by atoms with Gasteiger partial charge in [-0.2, -0.15) is 0 Å². The number of carbonyl (C=O) groups excluding carboxylic acids is 2. The van der Waals surface area contributed by atoms with Gasteiger partial charge >= 0.3 is 0 Å². The predicted molar refractivity (Wildman–Crippen MR) is 84.5 cm³/mol. The quantitative estimate of drug-likeness (QED) is 0.717. The first-order valence-electron chi connectivity index (χ1n) is 9.15. The van der Waals surface area contributed by atoms with Crippen molar-refractivity contribution >= 4 is 11.6 Å². The SMILES string of the molecule is C[C@@]12CC(=O)C[C@H]1[C@@H]1[C@@H](O)C[C@H]3C[C@@H](O)CC[C@]3(C)[C@H]1C(=O)C2. The molecule has 0 radical (unpaired) electrons. The Morgan fingerprint density at radius 1 is 1.09 bits per heavy atom. The van der Waals surface area contributed by atoms with Crippen LogP contribution in [0.3, 0.4) is 0 Å². The molecule has 4 nitrogen and oxygen atoms in total. The van der Waals surface area contributed by atoms with Crippen LogP contribution in [0.5, 0.6) is 0 Å². The number of Topliss-reactive ketones (excluding diaryl/α,β-unsaturated/α-hetero) is 2. The molecule has 0 unspecified atom stereocenters. The normalized spacial score (nSPS) is 56.0. The van der Waals surface area contributed by atoms with Crippen molar-refractivity contribution in [3.05, 3.63) is 0 Å². The average molecular weight is 320 g/mol. The lowest BCUT2D eigenvalue weighted by atomic mass is 9.44. The van der Waals surface area contributed by atoms with Crippen molar-refractivity contribution in [2.75, 3.05) is 0 Å². The maximum Gasteiger partial charge on any atom is 0.137 e. The molecule has 23 heavy (non-hydrogen) atoms. The topological polar surface area (TPSA) is 74.6 Å². The Kier molecular flexibility index (Phi) is 3.35. The van der Waals surface area contributed by atoms with Gasteiger partial charge in [-0.25, -0.2) is 0 Å². The summed E-state index contributed by atoms with van der Waals surface area (Å²) >= 11 is 0. The van der Waals surface area contributed by atoms with Gasteiger partial charge in [0.25, 0.3) is 0 Å². The molecule has 4 rings (SSSR count). The fraction of sp³-hybridized carbons (Fsp3) is 0.895. The Hall–Kier alpha value is -0.740. The van der Waals surface area contributed by atoms with E-state index < -0.39 is 6.10 Å². The van der Waals surface area contributed by atoms with Gasteiger partial charge < -0.3 is 10.2 Å².